The van der Waals surface area contributed by atoms with Crippen LogP contribution in [-0.2, 0) is 4.79 Å². The molecule has 0 aliphatic carbocycles. The molecule has 1 aromatic rings. The average Bonchev–Trinajstić information content (AvgIpc) is 2.41. The summed E-state index contributed by atoms with van der Waals surface area (Å²) in [5.74, 6) is -1.58. The molecule has 1 aliphatic rings. The highest BCUT2D eigenvalue weighted by molar-refractivity contribution is 5.94. The van der Waals surface area contributed by atoms with Gasteiger partial charge in [-0.05, 0) is 25.0 Å². The molecule has 108 valence electrons. The molecule has 20 heavy (non-hydrogen) atoms. The first kappa shape index (κ1) is 14.4. The highest BCUT2D eigenvalue weighted by Crippen LogP contribution is 2.11. The fourth-order valence-electron chi connectivity index (χ4n) is 2.27. The summed E-state index contributed by atoms with van der Waals surface area (Å²) in [6.07, 6.45) is 2.72. The summed E-state index contributed by atoms with van der Waals surface area (Å²) < 4.78 is 13.4. The smallest absolute Gasteiger partial charge is 0.256 e. The molecule has 0 aromatic carbocycles. The summed E-state index contributed by atoms with van der Waals surface area (Å²) in [6, 6.07) is 2.90. The Morgan fingerprint density at radius 2 is 2.15 bits per heavy atom. The van der Waals surface area contributed by atoms with Crippen LogP contribution in [0.2, 0.25) is 0 Å². The van der Waals surface area contributed by atoms with E-state index in [9.17, 15) is 14.0 Å². The first-order chi connectivity index (χ1) is 9.56. The molecule has 2 heterocycles. The maximum atomic E-state index is 13.4. The zero-order valence-corrected chi connectivity index (χ0v) is 11.0. The summed E-state index contributed by atoms with van der Waals surface area (Å²) in [7, 11) is 0. The van der Waals surface area contributed by atoms with Gasteiger partial charge in [-0.1, -0.05) is 0 Å². The number of nitrogens with one attached hydrogen (secondary N) is 1. The molecule has 2 rings (SSSR count). The SMILES string of the molecule is NC(=O)CN1CCC(NC(=O)c2cccnc2F)CC1. The van der Waals surface area contributed by atoms with Gasteiger partial charge in [-0.25, -0.2) is 4.98 Å². The third-order valence-corrected chi connectivity index (χ3v) is 3.31. The van der Waals surface area contributed by atoms with Crippen LogP contribution in [0.1, 0.15) is 23.2 Å². The number of carbonyl (C=O) groups excluding carboxylic acids is 2. The Morgan fingerprint density at radius 1 is 1.45 bits per heavy atom. The van der Waals surface area contributed by atoms with Gasteiger partial charge in [0, 0.05) is 25.3 Å². The zero-order chi connectivity index (χ0) is 14.5. The Morgan fingerprint density at radius 3 is 2.75 bits per heavy atom. The van der Waals surface area contributed by atoms with E-state index in [1.807, 2.05) is 4.90 Å². The second-order valence-electron chi connectivity index (χ2n) is 4.83. The number of hydrogen-bond acceptors (Lipinski definition) is 4. The lowest BCUT2D eigenvalue weighted by Gasteiger charge is -2.31. The maximum Gasteiger partial charge on any atom is 0.256 e. The topological polar surface area (TPSA) is 88.3 Å². The molecule has 1 aromatic heterocycles. The second kappa shape index (κ2) is 6.42. The van der Waals surface area contributed by atoms with Crippen LogP contribution in [0.5, 0.6) is 0 Å². The minimum Gasteiger partial charge on any atom is -0.369 e. The monoisotopic (exact) mass is 280 g/mol. The Kier molecular flexibility index (Phi) is 4.62. The number of halogens is 1. The number of primary amides is 1. The summed E-state index contributed by atoms with van der Waals surface area (Å²) in [5, 5.41) is 2.79. The lowest BCUT2D eigenvalue weighted by molar-refractivity contribution is -0.119. The molecule has 0 saturated carbocycles. The summed E-state index contributed by atoms with van der Waals surface area (Å²) in [4.78, 5) is 28.1. The second-order valence-corrected chi connectivity index (χ2v) is 4.83. The van der Waals surface area contributed by atoms with Crippen LogP contribution in [-0.4, -0.2) is 47.4 Å². The van der Waals surface area contributed by atoms with E-state index in [1.165, 1.54) is 18.3 Å². The molecule has 1 saturated heterocycles. The maximum absolute atomic E-state index is 13.4. The molecule has 1 aliphatic heterocycles. The van der Waals surface area contributed by atoms with Crippen LogP contribution >= 0.6 is 0 Å². The van der Waals surface area contributed by atoms with E-state index in [4.69, 9.17) is 5.73 Å². The molecule has 0 radical (unpaired) electrons. The van der Waals surface area contributed by atoms with Gasteiger partial charge in [0.15, 0.2) is 0 Å². The van der Waals surface area contributed by atoms with Gasteiger partial charge < -0.3 is 11.1 Å². The van der Waals surface area contributed by atoms with Crippen molar-refractivity contribution in [3.05, 3.63) is 29.8 Å². The fraction of sp³-hybridized carbons (Fsp3) is 0.462. The number of amides is 2. The Hall–Kier alpha value is -2.02. The third kappa shape index (κ3) is 3.74. The predicted octanol–water partition coefficient (Wildman–Crippen LogP) is -0.0998. The lowest BCUT2D eigenvalue weighted by Crippen LogP contribution is -2.46. The van der Waals surface area contributed by atoms with Gasteiger partial charge in [-0.2, -0.15) is 4.39 Å². The Bertz CT molecular complexity index is 501. The molecule has 1 fully saturated rings. The first-order valence-electron chi connectivity index (χ1n) is 6.48. The number of aromatic nitrogens is 1. The minimum atomic E-state index is -0.767. The van der Waals surface area contributed by atoms with Gasteiger partial charge in [0.05, 0.1) is 12.1 Å². The normalized spacial score (nSPS) is 16.9. The summed E-state index contributed by atoms with van der Waals surface area (Å²) in [5.41, 5.74) is 5.08. The fourth-order valence-corrected chi connectivity index (χ4v) is 2.27. The molecule has 0 spiro atoms. The van der Waals surface area contributed by atoms with Gasteiger partial charge >= 0.3 is 0 Å². The lowest BCUT2D eigenvalue weighted by atomic mass is 10.0. The van der Waals surface area contributed by atoms with Crippen LogP contribution in [0.4, 0.5) is 4.39 Å². The van der Waals surface area contributed by atoms with Crippen molar-refractivity contribution in [1.29, 1.82) is 0 Å². The van der Waals surface area contributed by atoms with E-state index in [2.05, 4.69) is 10.3 Å². The Balaban J connectivity index is 1.85. The van der Waals surface area contributed by atoms with Gasteiger partial charge in [0.2, 0.25) is 11.9 Å². The summed E-state index contributed by atoms with van der Waals surface area (Å²) in [6.45, 7) is 1.60. The van der Waals surface area contributed by atoms with Crippen molar-refractivity contribution >= 4 is 11.8 Å². The number of nitrogens with zero attached hydrogens (tertiary/aromatic N) is 2. The molecule has 0 bridgehead atoms. The van der Waals surface area contributed by atoms with E-state index >= 15 is 0 Å². The van der Waals surface area contributed by atoms with Crippen LogP contribution < -0.4 is 11.1 Å². The molecule has 0 atom stereocenters. The number of pyridine rings is 1. The van der Waals surface area contributed by atoms with Crippen molar-refractivity contribution in [1.82, 2.24) is 15.2 Å². The van der Waals surface area contributed by atoms with Crippen LogP contribution in [0.3, 0.4) is 0 Å². The molecule has 0 unspecified atom stereocenters. The highest BCUT2D eigenvalue weighted by atomic mass is 19.1. The molecular weight excluding hydrogens is 263 g/mol. The van der Waals surface area contributed by atoms with Gasteiger partial charge in [0.25, 0.3) is 5.91 Å². The number of carbonyl (C=O) groups is 2. The van der Waals surface area contributed by atoms with Crippen molar-refractivity contribution in [2.45, 2.75) is 18.9 Å². The van der Waals surface area contributed by atoms with Crippen molar-refractivity contribution < 1.29 is 14.0 Å². The quantitative estimate of drug-likeness (QED) is 0.754. The molecular formula is C13H17FN4O2. The van der Waals surface area contributed by atoms with E-state index in [-0.39, 0.29) is 24.1 Å². The van der Waals surface area contributed by atoms with E-state index in [0.29, 0.717) is 25.9 Å². The van der Waals surface area contributed by atoms with Crippen LogP contribution in [0.15, 0.2) is 18.3 Å². The minimum absolute atomic E-state index is 0.0220. The third-order valence-electron chi connectivity index (χ3n) is 3.31. The van der Waals surface area contributed by atoms with Gasteiger partial charge in [-0.3, -0.25) is 14.5 Å². The number of rotatable bonds is 4. The highest BCUT2D eigenvalue weighted by Gasteiger charge is 2.22. The number of hydrogen-bond donors (Lipinski definition) is 2. The Labute approximate surface area is 116 Å². The average molecular weight is 280 g/mol. The largest absolute Gasteiger partial charge is 0.369 e. The predicted molar refractivity (Wildman–Crippen MR) is 70.3 cm³/mol. The van der Waals surface area contributed by atoms with Gasteiger partial charge in [-0.15, -0.1) is 0 Å². The van der Waals surface area contributed by atoms with E-state index in [1.54, 1.807) is 0 Å². The number of likely N-dealkylation sites (tertiary alicyclic amines) is 1. The van der Waals surface area contributed by atoms with Crippen LogP contribution in [0.25, 0.3) is 0 Å². The van der Waals surface area contributed by atoms with E-state index < -0.39 is 11.9 Å². The molecule has 2 amide bonds. The number of nitrogens with two attached hydrogens (primary N) is 1. The summed E-state index contributed by atoms with van der Waals surface area (Å²) >= 11 is 0. The van der Waals surface area contributed by atoms with Crippen LogP contribution in [0, 0.1) is 5.95 Å². The first-order valence-corrected chi connectivity index (χ1v) is 6.48. The molecule has 6 nitrogen and oxygen atoms in total. The van der Waals surface area contributed by atoms with Crippen molar-refractivity contribution in [3.63, 3.8) is 0 Å². The molecule has 3 N–H and O–H groups in total. The van der Waals surface area contributed by atoms with Crippen molar-refractivity contribution in [2.24, 2.45) is 5.73 Å². The van der Waals surface area contributed by atoms with Crippen molar-refractivity contribution in [3.8, 4) is 0 Å². The zero-order valence-electron chi connectivity index (χ0n) is 11.0. The van der Waals surface area contributed by atoms with E-state index in [0.717, 1.165) is 0 Å². The van der Waals surface area contributed by atoms with Gasteiger partial charge in [0.1, 0.15) is 0 Å². The molecule has 7 heteroatoms. The standard InChI is InChI=1S/C13H17FN4O2/c14-12-10(2-1-5-16-12)13(20)17-9-3-6-18(7-4-9)8-11(15)19/h1-2,5,9H,3-4,6-8H2,(H2,15,19)(H,17,20). The van der Waals surface area contributed by atoms with Crippen molar-refractivity contribution in [2.75, 3.05) is 19.6 Å². The number of piperidine rings is 1.